The lowest BCUT2D eigenvalue weighted by Crippen LogP contribution is -2.16. The van der Waals surface area contributed by atoms with E-state index in [1.165, 1.54) is 42.4 Å². The minimum absolute atomic E-state index is 0.529. The van der Waals surface area contributed by atoms with Crippen LogP contribution >= 0.6 is 27.5 Å². The van der Waals surface area contributed by atoms with Gasteiger partial charge in [0, 0.05) is 15.7 Å². The summed E-state index contributed by atoms with van der Waals surface area (Å²) in [5.41, 5.74) is 9.80. The van der Waals surface area contributed by atoms with Crippen LogP contribution in [-0.2, 0) is 0 Å². The highest BCUT2D eigenvalue weighted by Gasteiger charge is 2.25. The fraction of sp³-hybridized carbons (Fsp3) is 0.455. The van der Waals surface area contributed by atoms with Crippen molar-refractivity contribution in [2.75, 3.05) is 0 Å². The second kappa shape index (κ2) is 10.2. The van der Waals surface area contributed by atoms with Crippen LogP contribution < -0.4 is 5.73 Å². The SMILES string of the molecule is CCCC(CCC)C1C/C(=C\C(Br)=C/N)CC=Cc2cc(Cl)ccc21. The Bertz CT molecular complexity index is 654. The second-order valence-electron chi connectivity index (χ2n) is 6.88. The van der Waals surface area contributed by atoms with Gasteiger partial charge in [-0.1, -0.05) is 74.9 Å². The molecule has 1 aromatic rings. The van der Waals surface area contributed by atoms with Crippen molar-refractivity contribution < 1.29 is 0 Å². The number of benzene rings is 1. The van der Waals surface area contributed by atoms with E-state index in [0.717, 1.165) is 22.3 Å². The van der Waals surface area contributed by atoms with Gasteiger partial charge in [-0.25, -0.2) is 0 Å². The molecular formula is C22H29BrClN. The van der Waals surface area contributed by atoms with E-state index in [-0.39, 0.29) is 0 Å². The fourth-order valence-corrected chi connectivity index (χ4v) is 4.41. The summed E-state index contributed by atoms with van der Waals surface area (Å²) in [4.78, 5) is 0. The molecule has 1 unspecified atom stereocenters. The topological polar surface area (TPSA) is 26.0 Å². The van der Waals surface area contributed by atoms with E-state index in [2.05, 4.69) is 60.1 Å². The van der Waals surface area contributed by atoms with Gasteiger partial charge in [0.15, 0.2) is 0 Å². The summed E-state index contributed by atoms with van der Waals surface area (Å²) >= 11 is 9.80. The molecule has 0 spiro atoms. The first kappa shape index (κ1) is 20.3. The highest BCUT2D eigenvalue weighted by molar-refractivity contribution is 9.11. The summed E-state index contributed by atoms with van der Waals surface area (Å²) in [6.07, 6.45) is 15.3. The van der Waals surface area contributed by atoms with E-state index in [4.69, 9.17) is 17.3 Å². The number of hydrogen-bond donors (Lipinski definition) is 1. The van der Waals surface area contributed by atoms with Gasteiger partial charge in [-0.3, -0.25) is 0 Å². The van der Waals surface area contributed by atoms with E-state index in [1.807, 2.05) is 6.07 Å². The van der Waals surface area contributed by atoms with Gasteiger partial charge in [-0.05, 0) is 69.9 Å². The van der Waals surface area contributed by atoms with Gasteiger partial charge in [-0.2, -0.15) is 0 Å². The van der Waals surface area contributed by atoms with Crippen LogP contribution in [0.15, 0.2) is 46.6 Å². The van der Waals surface area contributed by atoms with Crippen LogP contribution in [0, 0.1) is 5.92 Å². The van der Waals surface area contributed by atoms with Crippen molar-refractivity contribution in [2.45, 2.75) is 58.3 Å². The van der Waals surface area contributed by atoms with Gasteiger partial charge in [0.2, 0.25) is 0 Å². The standard InChI is InChI=1S/C22H29BrClN/c1-3-6-17(7-4-2)22-13-16(12-19(23)15-25)8-5-9-18-14-20(24)10-11-21(18)22/h5,9-12,14-15,17,22H,3-4,6-8,13,25H2,1-2H3/b9-5?,16-12-,19-15+. The van der Waals surface area contributed by atoms with E-state index in [9.17, 15) is 0 Å². The Morgan fingerprint density at radius 1 is 1.32 bits per heavy atom. The summed E-state index contributed by atoms with van der Waals surface area (Å²) < 4.78 is 0.953. The molecule has 0 heterocycles. The molecule has 0 bridgehead atoms. The summed E-state index contributed by atoms with van der Waals surface area (Å²) in [7, 11) is 0. The summed E-state index contributed by atoms with van der Waals surface area (Å²) in [5.74, 6) is 1.23. The van der Waals surface area contributed by atoms with Gasteiger partial charge in [-0.15, -0.1) is 0 Å². The lowest BCUT2D eigenvalue weighted by molar-refractivity contribution is 0.358. The molecule has 25 heavy (non-hydrogen) atoms. The van der Waals surface area contributed by atoms with Crippen molar-refractivity contribution in [1.82, 2.24) is 0 Å². The predicted octanol–water partition coefficient (Wildman–Crippen LogP) is 7.57. The molecule has 0 fully saturated rings. The molecule has 2 N–H and O–H groups in total. The predicted molar refractivity (Wildman–Crippen MR) is 115 cm³/mol. The number of fused-ring (bicyclic) bond motifs is 1. The van der Waals surface area contributed by atoms with E-state index in [0.29, 0.717) is 11.8 Å². The average molecular weight is 423 g/mol. The molecule has 0 amide bonds. The van der Waals surface area contributed by atoms with Gasteiger partial charge >= 0.3 is 0 Å². The number of allylic oxidation sites excluding steroid dienone is 4. The maximum atomic E-state index is 6.26. The monoisotopic (exact) mass is 421 g/mol. The molecule has 1 aromatic carbocycles. The van der Waals surface area contributed by atoms with Crippen molar-refractivity contribution >= 4 is 33.6 Å². The Hall–Kier alpha value is -0.990. The zero-order chi connectivity index (χ0) is 18.2. The Balaban J connectivity index is 2.48. The molecule has 1 nitrogen and oxygen atoms in total. The summed E-state index contributed by atoms with van der Waals surface area (Å²) in [6, 6.07) is 6.39. The molecular weight excluding hydrogens is 394 g/mol. The second-order valence-corrected chi connectivity index (χ2v) is 8.23. The third-order valence-corrected chi connectivity index (χ3v) is 5.73. The first-order valence-electron chi connectivity index (χ1n) is 9.31. The minimum atomic E-state index is 0.529. The first-order valence-corrected chi connectivity index (χ1v) is 10.5. The number of hydrogen-bond acceptors (Lipinski definition) is 1. The van der Waals surface area contributed by atoms with Crippen LogP contribution in [-0.4, -0.2) is 0 Å². The van der Waals surface area contributed by atoms with Crippen molar-refractivity contribution in [3.8, 4) is 0 Å². The van der Waals surface area contributed by atoms with E-state index < -0.39 is 0 Å². The Labute approximate surface area is 166 Å². The summed E-state index contributed by atoms with van der Waals surface area (Å²) in [6.45, 7) is 4.58. The molecule has 1 aliphatic rings. The molecule has 2 rings (SSSR count). The molecule has 0 aliphatic heterocycles. The molecule has 1 aliphatic carbocycles. The molecule has 1 atom stereocenters. The van der Waals surface area contributed by atoms with Crippen molar-refractivity contribution in [1.29, 1.82) is 0 Å². The zero-order valence-corrected chi connectivity index (χ0v) is 17.6. The molecule has 3 heteroatoms. The third-order valence-electron chi connectivity index (χ3n) is 5.00. The average Bonchev–Trinajstić information content (AvgIpc) is 2.58. The lowest BCUT2D eigenvalue weighted by atomic mass is 9.74. The largest absolute Gasteiger partial charge is 0.404 e. The third kappa shape index (κ3) is 5.76. The van der Waals surface area contributed by atoms with Crippen molar-refractivity contribution in [3.63, 3.8) is 0 Å². The number of nitrogens with two attached hydrogens (primary N) is 1. The minimum Gasteiger partial charge on any atom is -0.404 e. The van der Waals surface area contributed by atoms with Crippen molar-refractivity contribution in [3.05, 3.63) is 62.8 Å². The van der Waals surface area contributed by atoms with Crippen LogP contribution in [0.5, 0.6) is 0 Å². The number of rotatable bonds is 6. The van der Waals surface area contributed by atoms with Gasteiger partial charge in [0.05, 0.1) is 0 Å². The maximum Gasteiger partial charge on any atom is 0.0412 e. The van der Waals surface area contributed by atoms with E-state index in [1.54, 1.807) is 6.20 Å². The molecule has 0 aromatic heterocycles. The quantitative estimate of drug-likeness (QED) is 0.502. The van der Waals surface area contributed by atoms with Crippen LogP contribution in [0.2, 0.25) is 5.02 Å². The Kier molecular flexibility index (Phi) is 8.32. The first-order chi connectivity index (χ1) is 12.1. The van der Waals surface area contributed by atoms with Crippen LogP contribution in [0.4, 0.5) is 0 Å². The van der Waals surface area contributed by atoms with Gasteiger partial charge in [0.25, 0.3) is 0 Å². The lowest BCUT2D eigenvalue weighted by Gasteiger charge is -2.31. The Morgan fingerprint density at radius 3 is 2.68 bits per heavy atom. The van der Waals surface area contributed by atoms with E-state index >= 15 is 0 Å². The highest BCUT2D eigenvalue weighted by atomic mass is 79.9. The highest BCUT2D eigenvalue weighted by Crippen LogP contribution is 2.41. The Morgan fingerprint density at radius 2 is 2.04 bits per heavy atom. The maximum absolute atomic E-state index is 6.26. The molecule has 0 saturated heterocycles. The molecule has 0 radical (unpaired) electrons. The number of halogens is 2. The molecule has 136 valence electrons. The fourth-order valence-electron chi connectivity index (χ4n) is 3.91. The van der Waals surface area contributed by atoms with Crippen LogP contribution in [0.1, 0.15) is 69.4 Å². The zero-order valence-electron chi connectivity index (χ0n) is 15.3. The van der Waals surface area contributed by atoms with Crippen LogP contribution in [0.25, 0.3) is 6.08 Å². The smallest absolute Gasteiger partial charge is 0.0412 e. The normalized spacial score (nSPS) is 19.8. The van der Waals surface area contributed by atoms with Gasteiger partial charge in [0.1, 0.15) is 0 Å². The van der Waals surface area contributed by atoms with Crippen molar-refractivity contribution in [2.24, 2.45) is 11.7 Å². The van der Waals surface area contributed by atoms with Crippen LogP contribution in [0.3, 0.4) is 0 Å². The summed E-state index contributed by atoms with van der Waals surface area (Å²) in [5, 5.41) is 0.815. The van der Waals surface area contributed by atoms with Gasteiger partial charge < -0.3 is 5.73 Å². The molecule has 0 saturated carbocycles.